The standard InChI is InChI=1S/C27H25N5OS/c1-19-7-6-8-20(17-19)30-13-15-31(16-14-30)25(33)18-34-27-29-22-10-3-2-9-21(22)26-28-23-11-4-5-12-24(23)32(26)27/h2-12,17H,13-16,18H2,1H3. The lowest BCUT2D eigenvalue weighted by Crippen LogP contribution is -2.49. The Morgan fingerprint density at radius 3 is 2.47 bits per heavy atom. The van der Waals surface area contributed by atoms with Gasteiger partial charge in [-0.25, -0.2) is 9.97 Å². The van der Waals surface area contributed by atoms with Gasteiger partial charge in [0.2, 0.25) is 5.91 Å². The summed E-state index contributed by atoms with van der Waals surface area (Å²) in [4.78, 5) is 27.2. The fraction of sp³-hybridized carbons (Fsp3) is 0.222. The largest absolute Gasteiger partial charge is 0.368 e. The summed E-state index contributed by atoms with van der Waals surface area (Å²) in [5, 5.41) is 1.82. The van der Waals surface area contributed by atoms with E-state index in [2.05, 4.69) is 52.6 Å². The number of carbonyl (C=O) groups excluding carboxylic acids is 1. The predicted molar refractivity (Wildman–Crippen MR) is 139 cm³/mol. The number of aromatic nitrogens is 3. The molecule has 7 heteroatoms. The van der Waals surface area contributed by atoms with Crippen LogP contribution in [-0.2, 0) is 4.79 Å². The first-order chi connectivity index (χ1) is 16.7. The van der Waals surface area contributed by atoms with Crippen molar-refractivity contribution in [1.29, 1.82) is 0 Å². The van der Waals surface area contributed by atoms with Crippen LogP contribution in [0.15, 0.2) is 78.0 Å². The molecule has 2 aromatic heterocycles. The Bertz CT molecular complexity index is 1520. The van der Waals surface area contributed by atoms with Gasteiger partial charge in [0.25, 0.3) is 0 Å². The normalized spacial score (nSPS) is 14.4. The molecule has 1 saturated heterocycles. The molecule has 1 fully saturated rings. The van der Waals surface area contributed by atoms with Crippen LogP contribution in [0.3, 0.4) is 0 Å². The van der Waals surface area contributed by atoms with E-state index in [-0.39, 0.29) is 5.91 Å². The van der Waals surface area contributed by atoms with Gasteiger partial charge in [-0.2, -0.15) is 0 Å². The number of hydrogen-bond donors (Lipinski definition) is 0. The molecule has 1 aliphatic rings. The lowest BCUT2D eigenvalue weighted by Gasteiger charge is -2.36. The highest BCUT2D eigenvalue weighted by molar-refractivity contribution is 7.99. The molecule has 3 heterocycles. The molecule has 0 unspecified atom stereocenters. The molecule has 3 aromatic carbocycles. The van der Waals surface area contributed by atoms with Gasteiger partial charge < -0.3 is 9.80 Å². The monoisotopic (exact) mass is 467 g/mol. The van der Waals surface area contributed by atoms with Gasteiger partial charge in [-0.05, 0) is 48.9 Å². The third-order valence-electron chi connectivity index (χ3n) is 6.44. The van der Waals surface area contributed by atoms with Crippen LogP contribution in [-0.4, -0.2) is 57.1 Å². The lowest BCUT2D eigenvalue weighted by atomic mass is 10.2. The summed E-state index contributed by atoms with van der Waals surface area (Å²) in [7, 11) is 0. The number of para-hydroxylation sites is 3. The molecule has 6 rings (SSSR count). The number of amides is 1. The third-order valence-corrected chi connectivity index (χ3v) is 7.36. The number of hydrogen-bond acceptors (Lipinski definition) is 5. The van der Waals surface area contributed by atoms with Crippen LogP contribution >= 0.6 is 11.8 Å². The number of nitrogens with zero attached hydrogens (tertiary/aromatic N) is 5. The summed E-state index contributed by atoms with van der Waals surface area (Å²) in [5.74, 6) is 0.513. The van der Waals surface area contributed by atoms with Crippen LogP contribution in [0, 0.1) is 6.92 Å². The molecule has 0 N–H and O–H groups in total. The van der Waals surface area contributed by atoms with Gasteiger partial charge in [0.05, 0.1) is 22.3 Å². The number of anilines is 1. The Kier molecular flexibility index (Phi) is 5.34. The van der Waals surface area contributed by atoms with Gasteiger partial charge in [-0.3, -0.25) is 9.20 Å². The first kappa shape index (κ1) is 21.0. The summed E-state index contributed by atoms with van der Waals surface area (Å²) < 4.78 is 2.09. The van der Waals surface area contributed by atoms with E-state index in [4.69, 9.17) is 9.97 Å². The Hall–Kier alpha value is -3.58. The van der Waals surface area contributed by atoms with E-state index >= 15 is 0 Å². The van der Waals surface area contributed by atoms with Crippen LogP contribution in [0.1, 0.15) is 5.56 Å². The maximum atomic E-state index is 13.1. The highest BCUT2D eigenvalue weighted by Gasteiger charge is 2.22. The van der Waals surface area contributed by atoms with E-state index < -0.39 is 0 Å². The summed E-state index contributed by atoms with van der Waals surface area (Å²) in [6, 6.07) is 24.7. The number of carbonyl (C=O) groups is 1. The third kappa shape index (κ3) is 3.76. The summed E-state index contributed by atoms with van der Waals surface area (Å²) in [5.41, 5.74) is 6.21. The highest BCUT2D eigenvalue weighted by Crippen LogP contribution is 2.29. The number of thioether (sulfide) groups is 1. The van der Waals surface area contributed by atoms with Crippen LogP contribution in [0.25, 0.3) is 27.6 Å². The molecule has 170 valence electrons. The maximum absolute atomic E-state index is 13.1. The number of fused-ring (bicyclic) bond motifs is 5. The molecule has 34 heavy (non-hydrogen) atoms. The second kappa shape index (κ2) is 8.65. The smallest absolute Gasteiger partial charge is 0.233 e. The molecule has 0 spiro atoms. The summed E-state index contributed by atoms with van der Waals surface area (Å²) in [6.45, 7) is 5.29. The van der Waals surface area contributed by atoms with Crippen molar-refractivity contribution in [3.63, 3.8) is 0 Å². The quantitative estimate of drug-likeness (QED) is 0.281. The van der Waals surface area contributed by atoms with Gasteiger partial charge in [-0.15, -0.1) is 0 Å². The van der Waals surface area contributed by atoms with Crippen molar-refractivity contribution in [2.75, 3.05) is 36.8 Å². The topological polar surface area (TPSA) is 53.7 Å². The van der Waals surface area contributed by atoms with Crippen molar-refractivity contribution >= 4 is 50.9 Å². The molecule has 0 radical (unpaired) electrons. The van der Waals surface area contributed by atoms with Crippen LogP contribution in [0.2, 0.25) is 0 Å². The molecule has 0 saturated carbocycles. The molecule has 5 aromatic rings. The van der Waals surface area contributed by atoms with Crippen molar-refractivity contribution in [2.45, 2.75) is 12.1 Å². The van der Waals surface area contributed by atoms with Gasteiger partial charge in [0, 0.05) is 37.3 Å². The number of imidazole rings is 1. The number of benzene rings is 3. The summed E-state index contributed by atoms with van der Waals surface area (Å²) in [6.07, 6.45) is 0. The molecule has 0 atom stereocenters. The van der Waals surface area contributed by atoms with E-state index in [0.717, 1.165) is 58.9 Å². The Morgan fingerprint density at radius 2 is 1.65 bits per heavy atom. The Balaban J connectivity index is 1.22. The second-order valence-corrected chi connectivity index (χ2v) is 9.61. The summed E-state index contributed by atoms with van der Waals surface area (Å²) >= 11 is 1.49. The van der Waals surface area contributed by atoms with E-state index in [1.165, 1.54) is 23.0 Å². The van der Waals surface area contributed by atoms with Crippen molar-refractivity contribution in [3.8, 4) is 0 Å². The van der Waals surface area contributed by atoms with Crippen molar-refractivity contribution in [1.82, 2.24) is 19.3 Å². The van der Waals surface area contributed by atoms with Gasteiger partial charge >= 0.3 is 0 Å². The first-order valence-electron chi connectivity index (χ1n) is 11.6. The van der Waals surface area contributed by atoms with Gasteiger partial charge in [0.1, 0.15) is 5.65 Å². The molecule has 0 bridgehead atoms. The van der Waals surface area contributed by atoms with E-state index in [0.29, 0.717) is 5.75 Å². The zero-order valence-corrected chi connectivity index (χ0v) is 19.8. The number of aryl methyl sites for hydroxylation is 1. The molecular weight excluding hydrogens is 442 g/mol. The molecule has 6 nitrogen and oxygen atoms in total. The predicted octanol–water partition coefficient (Wildman–Crippen LogP) is 4.79. The van der Waals surface area contributed by atoms with Crippen molar-refractivity contribution in [2.24, 2.45) is 0 Å². The highest BCUT2D eigenvalue weighted by atomic mass is 32.2. The molecular formula is C27H25N5OS. The zero-order chi connectivity index (χ0) is 23.1. The van der Waals surface area contributed by atoms with E-state index in [1.807, 2.05) is 41.3 Å². The maximum Gasteiger partial charge on any atom is 0.233 e. The Labute approximate surface area is 202 Å². The minimum Gasteiger partial charge on any atom is -0.368 e. The minimum absolute atomic E-state index is 0.154. The fourth-order valence-electron chi connectivity index (χ4n) is 4.67. The van der Waals surface area contributed by atoms with Gasteiger partial charge in [-0.1, -0.05) is 48.2 Å². The minimum atomic E-state index is 0.154. The average Bonchev–Trinajstić information content (AvgIpc) is 3.27. The molecule has 1 amide bonds. The average molecular weight is 468 g/mol. The van der Waals surface area contributed by atoms with E-state index in [1.54, 1.807) is 0 Å². The van der Waals surface area contributed by atoms with Crippen LogP contribution in [0.4, 0.5) is 5.69 Å². The first-order valence-corrected chi connectivity index (χ1v) is 12.5. The van der Waals surface area contributed by atoms with Crippen LogP contribution in [0.5, 0.6) is 0 Å². The second-order valence-electron chi connectivity index (χ2n) is 8.67. The lowest BCUT2D eigenvalue weighted by molar-refractivity contribution is -0.128. The number of piperazine rings is 1. The van der Waals surface area contributed by atoms with Gasteiger partial charge in [0.15, 0.2) is 5.16 Å². The number of rotatable bonds is 4. The van der Waals surface area contributed by atoms with Crippen LogP contribution < -0.4 is 4.90 Å². The van der Waals surface area contributed by atoms with E-state index in [9.17, 15) is 4.79 Å². The fourth-order valence-corrected chi connectivity index (χ4v) is 5.58. The Morgan fingerprint density at radius 1 is 0.882 bits per heavy atom. The molecule has 1 aliphatic heterocycles. The SMILES string of the molecule is Cc1cccc(N2CCN(C(=O)CSc3nc4ccccc4c4nc5ccccc5n34)CC2)c1. The zero-order valence-electron chi connectivity index (χ0n) is 19.0. The van der Waals surface area contributed by atoms with Crippen molar-refractivity contribution in [3.05, 3.63) is 78.4 Å². The molecule has 0 aliphatic carbocycles. The van der Waals surface area contributed by atoms with Crippen molar-refractivity contribution < 1.29 is 4.79 Å².